The minimum Gasteiger partial charge on any atom is -0.478 e. The number of piperazine rings is 1. The van der Waals surface area contributed by atoms with E-state index in [1.165, 1.54) is 23.5 Å². The maximum absolute atomic E-state index is 13.7. The van der Waals surface area contributed by atoms with Gasteiger partial charge < -0.3 is 10.0 Å². The van der Waals surface area contributed by atoms with E-state index in [0.717, 1.165) is 4.88 Å². The van der Waals surface area contributed by atoms with Gasteiger partial charge in [-0.2, -0.15) is 0 Å². The third kappa shape index (κ3) is 3.63. The molecule has 0 unspecified atom stereocenters. The zero-order valence-electron chi connectivity index (χ0n) is 12.9. The molecule has 0 atom stereocenters. The molecule has 0 aliphatic carbocycles. The highest BCUT2D eigenvalue weighted by Crippen LogP contribution is 2.18. The van der Waals surface area contributed by atoms with Crippen molar-refractivity contribution >= 4 is 23.2 Å². The topological polar surface area (TPSA) is 60.9 Å². The number of nitrogens with zero attached hydrogens (tertiary/aromatic N) is 2. The SMILES string of the molecule is O=C(O)c1csc(CN2CCN(C(=O)c3ccccc3F)CC2)c1. The molecule has 1 aromatic carbocycles. The van der Waals surface area contributed by atoms with E-state index in [-0.39, 0.29) is 11.5 Å². The number of carbonyl (C=O) groups excluding carboxylic acids is 1. The van der Waals surface area contributed by atoms with E-state index in [4.69, 9.17) is 5.11 Å². The monoisotopic (exact) mass is 348 g/mol. The molecule has 1 saturated heterocycles. The summed E-state index contributed by atoms with van der Waals surface area (Å²) in [4.78, 5) is 28.1. The fraction of sp³-hybridized carbons (Fsp3) is 0.294. The number of carboxylic acids is 1. The summed E-state index contributed by atoms with van der Waals surface area (Å²) >= 11 is 1.42. The number of rotatable bonds is 4. The van der Waals surface area contributed by atoms with Gasteiger partial charge in [-0.15, -0.1) is 11.3 Å². The van der Waals surface area contributed by atoms with Crippen molar-refractivity contribution in [1.82, 2.24) is 9.80 Å². The maximum Gasteiger partial charge on any atom is 0.336 e. The van der Waals surface area contributed by atoms with Crippen molar-refractivity contribution in [2.45, 2.75) is 6.54 Å². The van der Waals surface area contributed by atoms with E-state index in [0.29, 0.717) is 38.3 Å². The van der Waals surface area contributed by atoms with Gasteiger partial charge >= 0.3 is 5.97 Å². The first-order chi connectivity index (χ1) is 11.5. The maximum atomic E-state index is 13.7. The normalized spacial score (nSPS) is 15.5. The number of carboxylic acid groups (broad SMARTS) is 1. The highest BCUT2D eigenvalue weighted by atomic mass is 32.1. The quantitative estimate of drug-likeness (QED) is 0.922. The molecule has 0 bridgehead atoms. The number of amides is 1. The molecule has 1 aliphatic heterocycles. The summed E-state index contributed by atoms with van der Waals surface area (Å²) in [6, 6.07) is 7.70. The summed E-state index contributed by atoms with van der Waals surface area (Å²) < 4.78 is 13.7. The predicted molar refractivity (Wildman–Crippen MR) is 88.9 cm³/mol. The minimum atomic E-state index is -0.919. The number of halogens is 1. The first-order valence-electron chi connectivity index (χ1n) is 7.61. The Morgan fingerprint density at radius 2 is 1.88 bits per heavy atom. The van der Waals surface area contributed by atoms with E-state index in [2.05, 4.69) is 4.90 Å². The molecule has 1 aliphatic rings. The van der Waals surface area contributed by atoms with Crippen molar-refractivity contribution in [3.05, 3.63) is 57.5 Å². The lowest BCUT2D eigenvalue weighted by atomic mass is 10.1. The third-order valence-electron chi connectivity index (χ3n) is 4.04. The molecule has 126 valence electrons. The standard InChI is InChI=1S/C17H17FN2O3S/c18-15-4-2-1-3-14(15)16(21)20-7-5-19(6-8-20)10-13-9-12(11-24-13)17(22)23/h1-4,9,11H,5-8,10H2,(H,22,23). The molecule has 1 aromatic heterocycles. The molecule has 2 aromatic rings. The second kappa shape index (κ2) is 7.11. The van der Waals surface area contributed by atoms with E-state index in [1.807, 2.05) is 0 Å². The van der Waals surface area contributed by atoms with Crippen molar-refractivity contribution < 1.29 is 19.1 Å². The van der Waals surface area contributed by atoms with Gasteiger partial charge in [0.05, 0.1) is 11.1 Å². The van der Waals surface area contributed by atoms with E-state index < -0.39 is 11.8 Å². The van der Waals surface area contributed by atoms with Gasteiger partial charge in [-0.25, -0.2) is 9.18 Å². The van der Waals surface area contributed by atoms with Crippen molar-refractivity contribution in [2.24, 2.45) is 0 Å². The van der Waals surface area contributed by atoms with Gasteiger partial charge in [0.15, 0.2) is 0 Å². The fourth-order valence-corrected chi connectivity index (χ4v) is 3.61. The Bertz CT molecular complexity index is 754. The molecular weight excluding hydrogens is 331 g/mol. The van der Waals surface area contributed by atoms with Crippen molar-refractivity contribution in [3.63, 3.8) is 0 Å². The smallest absolute Gasteiger partial charge is 0.336 e. The van der Waals surface area contributed by atoms with Crippen LogP contribution in [0.3, 0.4) is 0 Å². The van der Waals surface area contributed by atoms with Crippen molar-refractivity contribution in [3.8, 4) is 0 Å². The summed E-state index contributed by atoms with van der Waals surface area (Å²) in [5.74, 6) is -1.69. The number of carbonyl (C=O) groups is 2. The Morgan fingerprint density at radius 3 is 2.50 bits per heavy atom. The molecule has 3 rings (SSSR count). The summed E-state index contributed by atoms with van der Waals surface area (Å²) in [5.41, 5.74) is 0.415. The molecule has 5 nitrogen and oxygen atoms in total. The van der Waals surface area contributed by atoms with Crippen LogP contribution in [0.5, 0.6) is 0 Å². The molecule has 7 heteroatoms. The summed E-state index contributed by atoms with van der Waals surface area (Å²) in [5, 5.41) is 10.6. The molecule has 24 heavy (non-hydrogen) atoms. The molecule has 0 spiro atoms. The summed E-state index contributed by atoms with van der Waals surface area (Å²) in [7, 11) is 0. The highest BCUT2D eigenvalue weighted by molar-refractivity contribution is 7.10. The van der Waals surface area contributed by atoms with Crippen molar-refractivity contribution in [1.29, 1.82) is 0 Å². The number of hydrogen-bond donors (Lipinski definition) is 1. The van der Waals surface area contributed by atoms with Crippen LogP contribution in [0.2, 0.25) is 0 Å². The van der Waals surface area contributed by atoms with Crippen LogP contribution in [0.25, 0.3) is 0 Å². The molecular formula is C17H17FN2O3S. The molecule has 1 amide bonds. The molecule has 0 radical (unpaired) electrons. The lowest BCUT2D eigenvalue weighted by Crippen LogP contribution is -2.48. The lowest BCUT2D eigenvalue weighted by Gasteiger charge is -2.34. The van der Waals surface area contributed by atoms with Crippen LogP contribution in [-0.2, 0) is 6.54 Å². The Kier molecular flexibility index (Phi) is 4.92. The largest absolute Gasteiger partial charge is 0.478 e. The van der Waals surface area contributed by atoms with Crippen LogP contribution in [0.1, 0.15) is 25.6 Å². The third-order valence-corrected chi connectivity index (χ3v) is 4.97. The average Bonchev–Trinajstić information content (AvgIpc) is 3.04. The minimum absolute atomic E-state index is 0.107. The van der Waals surface area contributed by atoms with Gasteiger partial charge in [0.1, 0.15) is 5.82 Å². The van der Waals surface area contributed by atoms with Crippen LogP contribution in [-0.4, -0.2) is 53.0 Å². The summed E-state index contributed by atoms with van der Waals surface area (Å²) in [6.07, 6.45) is 0. The van der Waals surface area contributed by atoms with Gasteiger partial charge in [0.25, 0.3) is 5.91 Å². The number of benzene rings is 1. The average molecular weight is 348 g/mol. The first kappa shape index (κ1) is 16.6. The molecule has 1 fully saturated rings. The lowest BCUT2D eigenvalue weighted by molar-refractivity contribution is 0.0623. The van der Waals surface area contributed by atoms with Gasteiger partial charge in [-0.3, -0.25) is 9.69 Å². The first-order valence-corrected chi connectivity index (χ1v) is 8.49. The van der Waals surface area contributed by atoms with Gasteiger partial charge in [-0.1, -0.05) is 12.1 Å². The van der Waals surface area contributed by atoms with Gasteiger partial charge in [0.2, 0.25) is 0 Å². The Morgan fingerprint density at radius 1 is 1.17 bits per heavy atom. The zero-order valence-corrected chi connectivity index (χ0v) is 13.8. The van der Waals surface area contributed by atoms with Crippen LogP contribution in [0, 0.1) is 5.82 Å². The fourth-order valence-electron chi connectivity index (χ4n) is 2.71. The van der Waals surface area contributed by atoms with Crippen LogP contribution in [0.15, 0.2) is 35.7 Å². The van der Waals surface area contributed by atoms with E-state index >= 15 is 0 Å². The number of hydrogen-bond acceptors (Lipinski definition) is 4. The Balaban J connectivity index is 1.56. The molecule has 0 saturated carbocycles. The van der Waals surface area contributed by atoms with E-state index in [1.54, 1.807) is 28.5 Å². The van der Waals surface area contributed by atoms with Gasteiger partial charge in [-0.05, 0) is 18.2 Å². The summed E-state index contributed by atoms with van der Waals surface area (Å²) in [6.45, 7) is 3.09. The highest BCUT2D eigenvalue weighted by Gasteiger charge is 2.24. The Labute approximate surface area is 142 Å². The van der Waals surface area contributed by atoms with Crippen LogP contribution >= 0.6 is 11.3 Å². The van der Waals surface area contributed by atoms with Crippen molar-refractivity contribution in [2.75, 3.05) is 26.2 Å². The molecule has 2 heterocycles. The van der Waals surface area contributed by atoms with E-state index in [9.17, 15) is 14.0 Å². The Hall–Kier alpha value is -2.25. The number of aromatic carboxylic acids is 1. The van der Waals surface area contributed by atoms with Crippen LogP contribution < -0.4 is 0 Å². The second-order valence-corrected chi connectivity index (χ2v) is 6.65. The van der Waals surface area contributed by atoms with Gasteiger partial charge in [0, 0.05) is 43.0 Å². The predicted octanol–water partition coefficient (Wildman–Crippen LogP) is 2.54. The number of thiophene rings is 1. The zero-order chi connectivity index (χ0) is 17.1. The van der Waals surface area contributed by atoms with Crippen LogP contribution in [0.4, 0.5) is 4.39 Å². The molecule has 1 N–H and O–H groups in total. The second-order valence-electron chi connectivity index (χ2n) is 5.66.